The molecule has 0 aliphatic rings. The number of ether oxygens (including phenoxy) is 3. The van der Waals surface area contributed by atoms with Crippen LogP contribution in [0.1, 0.15) is 133 Å². The molecule has 0 aromatic carbocycles. The van der Waals surface area contributed by atoms with Gasteiger partial charge >= 0.3 is 17.9 Å². The minimum Gasteiger partial charge on any atom is -0.462 e. The highest BCUT2D eigenvalue weighted by Crippen LogP contribution is 2.26. The van der Waals surface area contributed by atoms with E-state index in [1.54, 1.807) is 0 Å². The lowest BCUT2D eigenvalue weighted by Crippen LogP contribution is -2.46. The Morgan fingerprint density at radius 2 is 0.865 bits per heavy atom. The second-order valence-corrected chi connectivity index (χ2v) is 11.1. The van der Waals surface area contributed by atoms with Crippen molar-refractivity contribution in [3.8, 4) is 0 Å². The van der Waals surface area contributed by atoms with Gasteiger partial charge in [-0.15, -0.1) is 0 Å². The molecule has 0 saturated heterocycles. The molecular formula is C30H56O7. The number of hydrogen-bond donors (Lipinski definition) is 1. The average Bonchev–Trinajstić information content (AvgIpc) is 2.86. The molecule has 218 valence electrons. The van der Waals surface area contributed by atoms with Gasteiger partial charge in [0.25, 0.3) is 0 Å². The van der Waals surface area contributed by atoms with Gasteiger partial charge in [0.05, 0.1) is 12.8 Å². The van der Waals surface area contributed by atoms with E-state index in [0.717, 1.165) is 19.3 Å². The van der Waals surface area contributed by atoms with Gasteiger partial charge in [-0.1, -0.05) is 81.6 Å². The fourth-order valence-corrected chi connectivity index (χ4v) is 4.14. The molecule has 6 unspecified atom stereocenters. The molecule has 7 heteroatoms. The summed E-state index contributed by atoms with van der Waals surface area (Å²) in [5.41, 5.74) is -2.35. The summed E-state index contributed by atoms with van der Waals surface area (Å²) >= 11 is 0. The molecule has 0 spiro atoms. The van der Waals surface area contributed by atoms with Gasteiger partial charge in [0.2, 0.25) is 0 Å². The summed E-state index contributed by atoms with van der Waals surface area (Å²) in [7, 11) is 0. The SMILES string of the molecule is CCC(C)CC(CC)OC(=O)CC(O)(CC(=O)OC(CC)CC(C)CC)C(=O)OC(CC)CC(C)CC. The highest BCUT2D eigenvalue weighted by Gasteiger charge is 2.45. The van der Waals surface area contributed by atoms with Gasteiger partial charge in [0.15, 0.2) is 5.60 Å². The first kappa shape index (κ1) is 35.4. The minimum atomic E-state index is -2.35. The van der Waals surface area contributed by atoms with E-state index >= 15 is 0 Å². The lowest BCUT2D eigenvalue weighted by atomic mass is 9.94. The molecule has 0 fully saturated rings. The number of carbonyl (C=O) groups excluding carboxylic acids is 3. The van der Waals surface area contributed by atoms with Crippen molar-refractivity contribution in [2.45, 2.75) is 157 Å². The molecule has 0 saturated carbocycles. The molecule has 0 radical (unpaired) electrons. The molecule has 0 aromatic rings. The molecule has 0 aliphatic heterocycles. The Bertz CT molecular complexity index is 626. The smallest absolute Gasteiger partial charge is 0.339 e. The quantitative estimate of drug-likeness (QED) is 0.137. The van der Waals surface area contributed by atoms with Crippen molar-refractivity contribution in [3.05, 3.63) is 0 Å². The summed E-state index contributed by atoms with van der Waals surface area (Å²) in [6, 6.07) is 0. The van der Waals surface area contributed by atoms with Crippen LogP contribution in [0.4, 0.5) is 0 Å². The van der Waals surface area contributed by atoms with Crippen LogP contribution in [-0.4, -0.2) is 46.9 Å². The van der Waals surface area contributed by atoms with Crippen LogP contribution in [0.2, 0.25) is 0 Å². The fraction of sp³-hybridized carbons (Fsp3) is 0.900. The van der Waals surface area contributed by atoms with Gasteiger partial charge in [0.1, 0.15) is 18.3 Å². The Morgan fingerprint density at radius 1 is 0.568 bits per heavy atom. The summed E-state index contributed by atoms with van der Waals surface area (Å²) in [6.07, 6.45) is 4.36. The third-order valence-corrected chi connectivity index (χ3v) is 7.58. The Labute approximate surface area is 226 Å². The Morgan fingerprint density at radius 3 is 1.14 bits per heavy atom. The summed E-state index contributed by atoms with van der Waals surface area (Å²) < 4.78 is 16.9. The number of carbonyl (C=O) groups is 3. The van der Waals surface area contributed by atoms with Crippen LogP contribution in [0.15, 0.2) is 0 Å². The monoisotopic (exact) mass is 528 g/mol. The largest absolute Gasteiger partial charge is 0.462 e. The maximum atomic E-state index is 13.2. The van der Waals surface area contributed by atoms with Crippen molar-refractivity contribution in [2.24, 2.45) is 17.8 Å². The van der Waals surface area contributed by atoms with Crippen LogP contribution in [0, 0.1) is 17.8 Å². The Balaban J connectivity index is 5.69. The van der Waals surface area contributed by atoms with E-state index in [1.807, 2.05) is 20.8 Å². The summed E-state index contributed by atoms with van der Waals surface area (Å²) in [6.45, 7) is 18.2. The normalized spacial score (nSPS) is 18.0. The van der Waals surface area contributed by atoms with Crippen molar-refractivity contribution in [3.63, 3.8) is 0 Å². The van der Waals surface area contributed by atoms with Crippen molar-refractivity contribution in [1.82, 2.24) is 0 Å². The highest BCUT2D eigenvalue weighted by atomic mass is 16.6. The first-order valence-corrected chi connectivity index (χ1v) is 14.7. The lowest BCUT2D eigenvalue weighted by Gasteiger charge is -2.29. The predicted octanol–water partition coefficient (Wildman–Crippen LogP) is 6.77. The first-order valence-electron chi connectivity index (χ1n) is 14.7. The predicted molar refractivity (Wildman–Crippen MR) is 147 cm³/mol. The highest BCUT2D eigenvalue weighted by molar-refractivity contribution is 5.90. The third-order valence-electron chi connectivity index (χ3n) is 7.58. The van der Waals surface area contributed by atoms with Gasteiger partial charge in [0, 0.05) is 0 Å². The average molecular weight is 529 g/mol. The van der Waals surface area contributed by atoms with E-state index in [4.69, 9.17) is 14.2 Å². The fourth-order valence-electron chi connectivity index (χ4n) is 4.14. The molecular weight excluding hydrogens is 472 g/mol. The zero-order valence-electron chi connectivity index (χ0n) is 25.1. The molecule has 1 N–H and O–H groups in total. The zero-order valence-corrected chi connectivity index (χ0v) is 25.1. The molecule has 37 heavy (non-hydrogen) atoms. The second-order valence-electron chi connectivity index (χ2n) is 11.1. The number of hydrogen-bond acceptors (Lipinski definition) is 7. The van der Waals surface area contributed by atoms with E-state index in [-0.39, 0.29) is 12.2 Å². The van der Waals surface area contributed by atoms with Crippen LogP contribution in [0.3, 0.4) is 0 Å². The minimum absolute atomic E-state index is 0.316. The maximum absolute atomic E-state index is 13.2. The molecule has 0 bridgehead atoms. The van der Waals surface area contributed by atoms with Crippen LogP contribution in [0.5, 0.6) is 0 Å². The standard InChI is InChI=1S/C30H56O7/c1-10-21(7)16-24(13-4)35-27(31)19-30(34,29(33)37-26(15-6)18-23(9)12-3)20-28(32)36-25(14-5)17-22(8)11-2/h21-26,34H,10-20H2,1-9H3. The van der Waals surface area contributed by atoms with Crippen LogP contribution < -0.4 is 0 Å². The number of rotatable bonds is 20. The molecule has 6 atom stereocenters. The van der Waals surface area contributed by atoms with Gasteiger partial charge in [-0.25, -0.2) is 4.79 Å². The van der Waals surface area contributed by atoms with Gasteiger partial charge in [-0.05, 0) is 56.3 Å². The summed E-state index contributed by atoms with van der Waals surface area (Å²) in [4.78, 5) is 39.0. The molecule has 0 aromatic heterocycles. The van der Waals surface area contributed by atoms with E-state index in [0.29, 0.717) is 56.3 Å². The van der Waals surface area contributed by atoms with Crippen molar-refractivity contribution in [2.75, 3.05) is 0 Å². The first-order chi connectivity index (χ1) is 17.4. The Kier molecular flexibility index (Phi) is 17.8. The third kappa shape index (κ3) is 14.2. The number of aliphatic hydroxyl groups is 1. The van der Waals surface area contributed by atoms with Gasteiger partial charge < -0.3 is 19.3 Å². The molecule has 0 aliphatic carbocycles. The lowest BCUT2D eigenvalue weighted by molar-refractivity contribution is -0.185. The van der Waals surface area contributed by atoms with Gasteiger partial charge in [-0.2, -0.15) is 0 Å². The Hall–Kier alpha value is -1.63. The maximum Gasteiger partial charge on any atom is 0.339 e. The number of esters is 3. The summed E-state index contributed by atoms with van der Waals surface area (Å²) in [5, 5.41) is 11.4. The molecule has 0 rings (SSSR count). The van der Waals surface area contributed by atoms with Gasteiger partial charge in [-0.3, -0.25) is 9.59 Å². The zero-order chi connectivity index (χ0) is 28.6. The molecule has 0 heterocycles. The van der Waals surface area contributed by atoms with Crippen molar-refractivity contribution in [1.29, 1.82) is 0 Å². The van der Waals surface area contributed by atoms with E-state index < -0.39 is 42.5 Å². The van der Waals surface area contributed by atoms with E-state index in [2.05, 4.69) is 41.5 Å². The van der Waals surface area contributed by atoms with Crippen LogP contribution in [0.25, 0.3) is 0 Å². The van der Waals surface area contributed by atoms with E-state index in [9.17, 15) is 19.5 Å². The van der Waals surface area contributed by atoms with Crippen LogP contribution in [-0.2, 0) is 28.6 Å². The second kappa shape index (κ2) is 18.6. The van der Waals surface area contributed by atoms with Crippen LogP contribution >= 0.6 is 0 Å². The molecule has 7 nitrogen and oxygen atoms in total. The summed E-state index contributed by atoms with van der Waals surface area (Å²) in [5.74, 6) is -1.33. The topological polar surface area (TPSA) is 99.1 Å². The van der Waals surface area contributed by atoms with Crippen molar-refractivity contribution >= 4 is 17.9 Å². The van der Waals surface area contributed by atoms with Crippen molar-refractivity contribution < 1.29 is 33.7 Å². The molecule has 0 amide bonds. The van der Waals surface area contributed by atoms with E-state index in [1.165, 1.54) is 0 Å².